The summed E-state index contributed by atoms with van der Waals surface area (Å²) in [7, 11) is 0. The molecule has 0 aromatic heterocycles. The number of imide groups is 1. The van der Waals surface area contributed by atoms with Gasteiger partial charge in [0.2, 0.25) is 23.6 Å². The van der Waals surface area contributed by atoms with Gasteiger partial charge in [0.25, 0.3) is 0 Å². The van der Waals surface area contributed by atoms with Crippen molar-refractivity contribution in [3.05, 3.63) is 83.9 Å². The Kier molecular flexibility index (Phi) is 9.10. The zero-order valence-electron chi connectivity index (χ0n) is 22.2. The normalized spacial score (nSPS) is 19.4. The van der Waals surface area contributed by atoms with E-state index in [9.17, 15) is 19.2 Å². The molecule has 1 N–H and O–H groups in total. The molecule has 1 fully saturated rings. The smallest absolute Gasteiger partial charge is 0.243 e. The largest absolute Gasteiger partial charge is 0.354 e. The number of benzene rings is 2. The first-order valence-corrected chi connectivity index (χ1v) is 13.5. The molecule has 7 heteroatoms. The van der Waals surface area contributed by atoms with Crippen molar-refractivity contribution in [1.29, 1.82) is 0 Å². The zero-order chi connectivity index (χ0) is 27.1. The summed E-state index contributed by atoms with van der Waals surface area (Å²) in [5, 5.41) is 3.01. The van der Waals surface area contributed by atoms with E-state index >= 15 is 0 Å². The molecule has 38 heavy (non-hydrogen) atoms. The Labute approximate surface area is 224 Å². The third-order valence-electron chi connectivity index (χ3n) is 7.30. The number of carbonyl (C=O) groups excluding carboxylic acids is 4. The number of rotatable bonds is 11. The maximum absolute atomic E-state index is 13.8. The summed E-state index contributed by atoms with van der Waals surface area (Å²) in [6, 6.07) is 18.5. The van der Waals surface area contributed by atoms with E-state index in [4.69, 9.17) is 0 Å². The fourth-order valence-corrected chi connectivity index (χ4v) is 5.20. The summed E-state index contributed by atoms with van der Waals surface area (Å²) in [5.74, 6) is -1.24. The molecule has 4 rings (SSSR count). The van der Waals surface area contributed by atoms with Gasteiger partial charge in [-0.25, -0.2) is 0 Å². The Morgan fingerprint density at radius 2 is 1.45 bits per heavy atom. The van der Waals surface area contributed by atoms with Crippen LogP contribution in [-0.4, -0.2) is 52.6 Å². The number of fused-ring (bicyclic) bond motifs is 1. The molecule has 1 aliphatic carbocycles. The van der Waals surface area contributed by atoms with E-state index in [2.05, 4.69) is 5.32 Å². The predicted octanol–water partition coefficient (Wildman–Crippen LogP) is 3.74. The number of hydrogen-bond acceptors (Lipinski definition) is 4. The molecule has 1 heterocycles. The van der Waals surface area contributed by atoms with Crippen LogP contribution in [0.2, 0.25) is 0 Å². The van der Waals surface area contributed by atoms with E-state index in [0.717, 1.165) is 11.1 Å². The number of nitrogens with one attached hydrogen (secondary N) is 1. The lowest BCUT2D eigenvalue weighted by Crippen LogP contribution is -2.51. The van der Waals surface area contributed by atoms with Gasteiger partial charge in [0.1, 0.15) is 6.04 Å². The summed E-state index contributed by atoms with van der Waals surface area (Å²) in [6.45, 7) is 4.84. The van der Waals surface area contributed by atoms with Crippen molar-refractivity contribution in [2.75, 3.05) is 13.1 Å². The Morgan fingerprint density at radius 1 is 0.895 bits per heavy atom. The number of amides is 4. The second-order valence-electron chi connectivity index (χ2n) is 10.6. The highest BCUT2D eigenvalue weighted by Crippen LogP contribution is 2.35. The highest BCUT2D eigenvalue weighted by atomic mass is 16.2. The molecular weight excluding hydrogens is 478 g/mol. The highest BCUT2D eigenvalue weighted by Gasteiger charge is 2.47. The molecule has 0 radical (unpaired) electrons. The van der Waals surface area contributed by atoms with E-state index < -0.39 is 6.04 Å². The van der Waals surface area contributed by atoms with Crippen molar-refractivity contribution in [1.82, 2.24) is 15.1 Å². The minimum atomic E-state index is -0.736. The molecule has 4 amide bonds. The summed E-state index contributed by atoms with van der Waals surface area (Å²) >= 11 is 0. The lowest BCUT2D eigenvalue weighted by atomic mass is 9.85. The molecule has 0 saturated carbocycles. The lowest BCUT2D eigenvalue weighted by Gasteiger charge is -2.32. The van der Waals surface area contributed by atoms with Gasteiger partial charge in [-0.15, -0.1) is 0 Å². The van der Waals surface area contributed by atoms with Crippen molar-refractivity contribution >= 4 is 23.6 Å². The van der Waals surface area contributed by atoms with Crippen LogP contribution < -0.4 is 5.32 Å². The SMILES string of the molecule is CC(C)CNC(=O)[C@H](Cc1ccccc1)N(Cc1ccccc1)C(=O)CCN1C(=O)[C@H]2CC=CC[C@H]2C1=O. The van der Waals surface area contributed by atoms with E-state index in [1.54, 1.807) is 4.90 Å². The van der Waals surface area contributed by atoms with Crippen molar-refractivity contribution in [3.8, 4) is 0 Å². The zero-order valence-corrected chi connectivity index (χ0v) is 22.2. The Hall–Kier alpha value is -3.74. The van der Waals surface area contributed by atoms with Crippen LogP contribution in [0.4, 0.5) is 0 Å². The predicted molar refractivity (Wildman–Crippen MR) is 145 cm³/mol. The van der Waals surface area contributed by atoms with Gasteiger partial charge in [-0.2, -0.15) is 0 Å². The third kappa shape index (κ3) is 6.57. The molecular formula is C31H37N3O4. The van der Waals surface area contributed by atoms with Gasteiger partial charge in [-0.3, -0.25) is 24.1 Å². The van der Waals surface area contributed by atoms with E-state index in [-0.39, 0.29) is 60.9 Å². The molecule has 7 nitrogen and oxygen atoms in total. The van der Waals surface area contributed by atoms with Crippen LogP contribution >= 0.6 is 0 Å². The molecule has 2 aliphatic rings. The first-order chi connectivity index (χ1) is 18.3. The van der Waals surface area contributed by atoms with Gasteiger partial charge in [0.15, 0.2) is 0 Å². The van der Waals surface area contributed by atoms with Crippen molar-refractivity contribution < 1.29 is 19.2 Å². The van der Waals surface area contributed by atoms with Crippen LogP contribution in [0, 0.1) is 17.8 Å². The van der Waals surface area contributed by atoms with Crippen LogP contribution in [0.1, 0.15) is 44.2 Å². The topological polar surface area (TPSA) is 86.8 Å². The number of nitrogens with zero attached hydrogens (tertiary/aromatic N) is 2. The van der Waals surface area contributed by atoms with Gasteiger partial charge in [0.05, 0.1) is 11.8 Å². The Balaban J connectivity index is 1.56. The van der Waals surface area contributed by atoms with Crippen molar-refractivity contribution in [3.63, 3.8) is 0 Å². The van der Waals surface area contributed by atoms with Gasteiger partial charge >= 0.3 is 0 Å². The highest BCUT2D eigenvalue weighted by molar-refractivity contribution is 6.05. The van der Waals surface area contributed by atoms with Gasteiger partial charge < -0.3 is 10.2 Å². The summed E-state index contributed by atoms with van der Waals surface area (Å²) < 4.78 is 0. The number of carbonyl (C=O) groups is 4. The third-order valence-corrected chi connectivity index (χ3v) is 7.30. The monoisotopic (exact) mass is 515 g/mol. The van der Waals surface area contributed by atoms with Crippen LogP contribution in [-0.2, 0) is 32.1 Å². The average molecular weight is 516 g/mol. The van der Waals surface area contributed by atoms with Crippen molar-refractivity contribution in [2.24, 2.45) is 17.8 Å². The fraction of sp³-hybridized carbons (Fsp3) is 0.419. The van der Waals surface area contributed by atoms with E-state index in [0.29, 0.717) is 25.8 Å². The molecule has 200 valence electrons. The molecule has 1 aliphatic heterocycles. The fourth-order valence-electron chi connectivity index (χ4n) is 5.20. The minimum absolute atomic E-state index is 0.0278. The maximum atomic E-state index is 13.8. The van der Waals surface area contributed by atoms with Crippen LogP contribution in [0.15, 0.2) is 72.8 Å². The quantitative estimate of drug-likeness (QED) is 0.365. The summed E-state index contributed by atoms with van der Waals surface area (Å²) in [6.07, 6.45) is 5.36. The first kappa shape index (κ1) is 27.3. The molecule has 0 spiro atoms. The molecule has 2 aromatic carbocycles. The van der Waals surface area contributed by atoms with Crippen LogP contribution in [0.5, 0.6) is 0 Å². The first-order valence-electron chi connectivity index (χ1n) is 13.5. The second kappa shape index (κ2) is 12.7. The number of hydrogen-bond donors (Lipinski definition) is 1. The van der Waals surface area contributed by atoms with Gasteiger partial charge in [-0.05, 0) is 29.9 Å². The van der Waals surface area contributed by atoms with Crippen LogP contribution in [0.25, 0.3) is 0 Å². The minimum Gasteiger partial charge on any atom is -0.354 e. The number of allylic oxidation sites excluding steroid dienone is 2. The second-order valence-corrected chi connectivity index (χ2v) is 10.6. The molecule has 0 unspecified atom stereocenters. The van der Waals surface area contributed by atoms with E-state index in [1.807, 2.05) is 86.7 Å². The van der Waals surface area contributed by atoms with Crippen molar-refractivity contribution in [2.45, 2.75) is 52.1 Å². The standard InChI is InChI=1S/C31H37N3O4/c1-22(2)20-32-29(36)27(19-23-11-5-3-6-12-23)34(21-24-13-7-4-8-14-24)28(35)17-18-33-30(37)25-15-9-10-16-26(25)31(33)38/h3-14,22,25-27H,15-21H2,1-2H3,(H,32,36)/t25-,26+,27-/m0/s1. The van der Waals surface area contributed by atoms with Gasteiger partial charge in [0, 0.05) is 32.5 Å². The Morgan fingerprint density at radius 3 is 2.00 bits per heavy atom. The lowest BCUT2D eigenvalue weighted by molar-refractivity contribution is -0.144. The maximum Gasteiger partial charge on any atom is 0.243 e. The van der Waals surface area contributed by atoms with Crippen LogP contribution in [0.3, 0.4) is 0 Å². The molecule has 2 aromatic rings. The molecule has 1 saturated heterocycles. The van der Waals surface area contributed by atoms with E-state index in [1.165, 1.54) is 4.90 Å². The number of likely N-dealkylation sites (tertiary alicyclic amines) is 1. The van der Waals surface area contributed by atoms with Gasteiger partial charge in [-0.1, -0.05) is 86.7 Å². The summed E-state index contributed by atoms with van der Waals surface area (Å²) in [4.78, 5) is 56.0. The molecule has 0 bridgehead atoms. The average Bonchev–Trinajstić information content (AvgIpc) is 3.18. The summed E-state index contributed by atoms with van der Waals surface area (Å²) in [5.41, 5.74) is 1.85. The molecule has 3 atom stereocenters. The Bertz CT molecular complexity index is 1140.